The first-order chi connectivity index (χ1) is 9.61. The Morgan fingerprint density at radius 3 is 2.45 bits per heavy atom. The van der Waals surface area contributed by atoms with Crippen LogP contribution in [0.5, 0.6) is 11.5 Å². The van der Waals surface area contributed by atoms with Crippen molar-refractivity contribution in [1.29, 1.82) is 0 Å². The minimum Gasteiger partial charge on any atom is -0.493 e. The molecule has 0 radical (unpaired) electrons. The van der Waals surface area contributed by atoms with Gasteiger partial charge in [-0.3, -0.25) is 0 Å². The number of aryl methyl sites for hydroxylation is 1. The highest BCUT2D eigenvalue weighted by molar-refractivity contribution is 7.80. The van der Waals surface area contributed by atoms with Gasteiger partial charge in [0.2, 0.25) is 0 Å². The Morgan fingerprint density at radius 2 is 1.85 bits per heavy atom. The smallest absolute Gasteiger partial charge is 0.171 e. The topological polar surface area (TPSA) is 44.5 Å². The van der Waals surface area contributed by atoms with Gasteiger partial charge in [-0.15, -0.1) is 0 Å². The molecule has 0 heterocycles. The van der Waals surface area contributed by atoms with Crippen molar-refractivity contribution in [3.8, 4) is 11.5 Å². The highest BCUT2D eigenvalue weighted by atomic mass is 32.1. The molecule has 4 heteroatoms. The number of thiocarbonyl (C=S) groups is 1. The van der Waals surface area contributed by atoms with Crippen LogP contribution in [0.2, 0.25) is 0 Å². The van der Waals surface area contributed by atoms with Gasteiger partial charge in [-0.05, 0) is 24.6 Å². The highest BCUT2D eigenvalue weighted by Gasteiger charge is 2.12. The summed E-state index contributed by atoms with van der Waals surface area (Å²) < 4.78 is 11.2. The van der Waals surface area contributed by atoms with Gasteiger partial charge < -0.3 is 15.2 Å². The third-order valence-corrected chi connectivity index (χ3v) is 3.19. The summed E-state index contributed by atoms with van der Waals surface area (Å²) in [7, 11) is 1.59. The van der Waals surface area contributed by atoms with Crippen LogP contribution in [0, 0.1) is 6.92 Å². The quantitative estimate of drug-likeness (QED) is 0.858. The summed E-state index contributed by atoms with van der Waals surface area (Å²) in [5.41, 5.74) is 8.71. The van der Waals surface area contributed by atoms with E-state index in [9.17, 15) is 0 Å². The molecule has 0 aromatic heterocycles. The summed E-state index contributed by atoms with van der Waals surface area (Å²) in [6.45, 7) is 2.49. The lowest BCUT2D eigenvalue weighted by atomic mass is 10.1. The van der Waals surface area contributed by atoms with Crippen LogP contribution in [-0.4, -0.2) is 12.1 Å². The van der Waals surface area contributed by atoms with Gasteiger partial charge in [-0.1, -0.05) is 48.1 Å². The van der Waals surface area contributed by atoms with Crippen LogP contribution < -0.4 is 15.2 Å². The first-order valence-electron chi connectivity index (χ1n) is 6.27. The second-order valence-corrected chi connectivity index (χ2v) is 4.92. The van der Waals surface area contributed by atoms with E-state index in [1.807, 2.05) is 30.3 Å². The normalized spacial score (nSPS) is 10.1. The van der Waals surface area contributed by atoms with Crippen LogP contribution in [0.15, 0.2) is 42.5 Å². The molecule has 0 bridgehead atoms. The molecular weight excluding hydrogens is 270 g/mol. The van der Waals surface area contributed by atoms with E-state index >= 15 is 0 Å². The molecule has 3 nitrogen and oxygen atoms in total. The molecule has 0 spiro atoms. The lowest BCUT2D eigenvalue weighted by Gasteiger charge is -2.14. The van der Waals surface area contributed by atoms with Crippen molar-refractivity contribution in [2.75, 3.05) is 7.11 Å². The van der Waals surface area contributed by atoms with Crippen LogP contribution in [0.25, 0.3) is 0 Å². The van der Waals surface area contributed by atoms with Crippen molar-refractivity contribution in [3.05, 3.63) is 59.2 Å². The first kappa shape index (κ1) is 14.3. The summed E-state index contributed by atoms with van der Waals surface area (Å²) >= 11 is 5.05. The Bertz CT molecular complexity index is 608. The zero-order chi connectivity index (χ0) is 14.5. The largest absolute Gasteiger partial charge is 0.493 e. The van der Waals surface area contributed by atoms with Crippen LogP contribution in [0.3, 0.4) is 0 Å². The monoisotopic (exact) mass is 287 g/mol. The fourth-order valence-electron chi connectivity index (χ4n) is 1.86. The molecule has 20 heavy (non-hydrogen) atoms. The molecule has 0 atom stereocenters. The van der Waals surface area contributed by atoms with E-state index in [-0.39, 0.29) is 0 Å². The van der Waals surface area contributed by atoms with Gasteiger partial charge in [0.1, 0.15) is 11.6 Å². The van der Waals surface area contributed by atoms with Gasteiger partial charge >= 0.3 is 0 Å². The second-order valence-electron chi connectivity index (χ2n) is 4.48. The molecule has 0 aliphatic carbocycles. The third-order valence-electron chi connectivity index (χ3n) is 2.97. The van der Waals surface area contributed by atoms with Crippen molar-refractivity contribution in [3.63, 3.8) is 0 Å². The second kappa shape index (κ2) is 6.39. The lowest BCUT2D eigenvalue weighted by molar-refractivity contribution is 0.284. The van der Waals surface area contributed by atoms with Gasteiger partial charge in [0.15, 0.2) is 11.5 Å². The number of rotatable bonds is 5. The van der Waals surface area contributed by atoms with Crippen molar-refractivity contribution in [2.24, 2.45) is 5.73 Å². The molecule has 0 amide bonds. The van der Waals surface area contributed by atoms with Crippen LogP contribution in [0.1, 0.15) is 16.7 Å². The number of para-hydroxylation sites is 1. The maximum atomic E-state index is 5.85. The lowest BCUT2D eigenvalue weighted by Crippen LogP contribution is -2.12. The van der Waals surface area contributed by atoms with Crippen molar-refractivity contribution >= 4 is 17.2 Å². The van der Waals surface area contributed by atoms with E-state index in [2.05, 4.69) is 19.1 Å². The van der Waals surface area contributed by atoms with E-state index in [1.165, 1.54) is 5.56 Å². The Balaban J connectivity index is 2.23. The van der Waals surface area contributed by atoms with Gasteiger partial charge in [0.05, 0.1) is 12.7 Å². The first-order valence-corrected chi connectivity index (χ1v) is 6.68. The molecule has 2 aromatic carbocycles. The minimum absolute atomic E-state index is 0.294. The Kier molecular flexibility index (Phi) is 4.58. The molecule has 0 fully saturated rings. The summed E-state index contributed by atoms with van der Waals surface area (Å²) in [6.07, 6.45) is 0. The van der Waals surface area contributed by atoms with E-state index in [0.717, 1.165) is 5.56 Å². The Labute approximate surface area is 124 Å². The third kappa shape index (κ3) is 3.27. The van der Waals surface area contributed by atoms with Crippen LogP contribution in [0.4, 0.5) is 0 Å². The maximum Gasteiger partial charge on any atom is 0.171 e. The van der Waals surface area contributed by atoms with E-state index in [4.69, 9.17) is 27.4 Å². The van der Waals surface area contributed by atoms with Gasteiger partial charge in [0.25, 0.3) is 0 Å². The van der Waals surface area contributed by atoms with E-state index < -0.39 is 0 Å². The average molecular weight is 287 g/mol. The molecule has 0 saturated carbocycles. The highest BCUT2D eigenvalue weighted by Crippen LogP contribution is 2.31. The average Bonchev–Trinajstić information content (AvgIpc) is 2.46. The van der Waals surface area contributed by atoms with E-state index in [1.54, 1.807) is 7.11 Å². The number of nitrogens with two attached hydrogens (primary N) is 1. The molecule has 2 N–H and O–H groups in total. The minimum atomic E-state index is 0.294. The molecule has 0 aliphatic heterocycles. The van der Waals surface area contributed by atoms with Crippen LogP contribution >= 0.6 is 12.2 Å². The van der Waals surface area contributed by atoms with Crippen molar-refractivity contribution in [2.45, 2.75) is 13.5 Å². The SMILES string of the molecule is COc1cccc(C(N)=S)c1OCc1ccc(C)cc1. The summed E-state index contributed by atoms with van der Waals surface area (Å²) in [5, 5.41) is 0. The molecular formula is C16H17NO2S. The van der Waals surface area contributed by atoms with E-state index in [0.29, 0.717) is 28.7 Å². The molecule has 104 valence electrons. The summed E-state index contributed by atoms with van der Waals surface area (Å²) in [6, 6.07) is 13.7. The number of hydrogen-bond acceptors (Lipinski definition) is 3. The predicted molar refractivity (Wildman–Crippen MR) is 84.4 cm³/mol. The predicted octanol–water partition coefficient (Wildman–Crippen LogP) is 3.22. The number of methoxy groups -OCH3 is 1. The van der Waals surface area contributed by atoms with Crippen molar-refractivity contribution < 1.29 is 9.47 Å². The zero-order valence-electron chi connectivity index (χ0n) is 11.6. The van der Waals surface area contributed by atoms with Gasteiger partial charge in [0, 0.05) is 0 Å². The van der Waals surface area contributed by atoms with Gasteiger partial charge in [-0.2, -0.15) is 0 Å². The van der Waals surface area contributed by atoms with Crippen molar-refractivity contribution in [1.82, 2.24) is 0 Å². The zero-order valence-corrected chi connectivity index (χ0v) is 12.4. The fourth-order valence-corrected chi connectivity index (χ4v) is 2.02. The number of hydrogen-bond donors (Lipinski definition) is 1. The standard InChI is InChI=1S/C16H17NO2S/c1-11-6-8-12(9-7-11)10-19-15-13(16(17)20)4-3-5-14(15)18-2/h3-9H,10H2,1-2H3,(H2,17,20). The van der Waals surface area contributed by atoms with Crippen LogP contribution in [-0.2, 0) is 6.61 Å². The summed E-state index contributed by atoms with van der Waals surface area (Å²) in [4.78, 5) is 0.294. The maximum absolute atomic E-state index is 5.85. The fraction of sp³-hybridized carbons (Fsp3) is 0.188. The molecule has 0 aliphatic rings. The number of ether oxygens (including phenoxy) is 2. The Morgan fingerprint density at radius 1 is 1.15 bits per heavy atom. The summed E-state index contributed by atoms with van der Waals surface area (Å²) in [5.74, 6) is 1.21. The molecule has 2 aromatic rings. The molecule has 2 rings (SSSR count). The molecule has 0 unspecified atom stereocenters. The Hall–Kier alpha value is -2.07. The number of benzene rings is 2. The van der Waals surface area contributed by atoms with Gasteiger partial charge in [-0.25, -0.2) is 0 Å². The molecule has 0 saturated heterocycles.